The maximum absolute atomic E-state index is 3.72. The van der Waals surface area contributed by atoms with Crippen molar-refractivity contribution in [3.05, 3.63) is 18.1 Å². The van der Waals surface area contributed by atoms with Crippen LogP contribution in [0.4, 0.5) is 0 Å². The first-order chi connectivity index (χ1) is 2.64. The Hall–Kier alpha value is -0.260. The summed E-state index contributed by atoms with van der Waals surface area (Å²) in [6.45, 7) is 9.84. The lowest BCUT2D eigenvalue weighted by atomic mass is 10.1. The molecule has 0 atom stereocenters. The van der Waals surface area contributed by atoms with Gasteiger partial charge in [-0.05, 0) is 12.8 Å². The van der Waals surface area contributed by atoms with Crippen molar-refractivity contribution in [3.63, 3.8) is 0 Å². The standard InChI is InChI=1S/C6H11/c1-5(2)6(3)4/h1H2,2-4H3. The van der Waals surface area contributed by atoms with E-state index in [1.165, 1.54) is 11.5 Å². The molecule has 0 unspecified atom stereocenters. The van der Waals surface area contributed by atoms with Gasteiger partial charge >= 0.3 is 0 Å². The van der Waals surface area contributed by atoms with Gasteiger partial charge in [0.05, 0.1) is 0 Å². The average Bonchev–Trinajstić information content (AvgIpc) is 1.36. The minimum Gasteiger partial charge on any atom is -0.0996 e. The van der Waals surface area contributed by atoms with Crippen LogP contribution in [0.3, 0.4) is 0 Å². The molecule has 0 fully saturated rings. The second-order valence-corrected chi connectivity index (χ2v) is 1.78. The smallest absolute Gasteiger partial charge is 0.00620 e. The number of allylic oxidation sites excluding steroid dienone is 1. The fraction of sp³-hybridized carbons (Fsp3) is 0.500. The van der Waals surface area contributed by atoms with E-state index >= 15 is 0 Å². The molecule has 0 aliphatic rings. The van der Waals surface area contributed by atoms with Gasteiger partial charge in [-0.1, -0.05) is 26.0 Å². The molecule has 0 aliphatic carbocycles. The summed E-state index contributed by atoms with van der Waals surface area (Å²) in [5.41, 5.74) is 1.18. The second kappa shape index (κ2) is 2.01. The Bertz CT molecular complexity index is 51.1. The Balaban J connectivity index is 3.26. The van der Waals surface area contributed by atoms with Crippen LogP contribution in [-0.2, 0) is 0 Å². The SMILES string of the molecule is C=C(C)[C](C)C. The van der Waals surface area contributed by atoms with E-state index in [1.807, 2.05) is 6.92 Å². The Morgan fingerprint density at radius 3 is 1.33 bits per heavy atom. The molecule has 6 heavy (non-hydrogen) atoms. The van der Waals surface area contributed by atoms with Crippen molar-refractivity contribution in [1.29, 1.82) is 0 Å². The normalized spacial score (nSPS) is 9.33. The van der Waals surface area contributed by atoms with E-state index in [0.717, 1.165) is 0 Å². The van der Waals surface area contributed by atoms with Gasteiger partial charge in [0.25, 0.3) is 0 Å². The molecule has 0 saturated heterocycles. The van der Waals surface area contributed by atoms with Crippen molar-refractivity contribution in [2.75, 3.05) is 0 Å². The molecule has 1 radical (unpaired) electrons. The summed E-state index contributed by atoms with van der Waals surface area (Å²) in [6.07, 6.45) is 0. The second-order valence-electron chi connectivity index (χ2n) is 1.78. The maximum Gasteiger partial charge on any atom is -0.00620 e. The Kier molecular flexibility index (Phi) is 1.93. The van der Waals surface area contributed by atoms with Gasteiger partial charge in [-0.3, -0.25) is 0 Å². The highest BCUT2D eigenvalue weighted by molar-refractivity contribution is 5.12. The van der Waals surface area contributed by atoms with Crippen LogP contribution in [-0.4, -0.2) is 0 Å². The quantitative estimate of drug-likeness (QED) is 0.455. The zero-order valence-corrected chi connectivity index (χ0v) is 4.71. The third-order valence-electron chi connectivity index (χ3n) is 0.854. The molecular weight excluding hydrogens is 72.1 g/mol. The summed E-state index contributed by atoms with van der Waals surface area (Å²) in [5.74, 6) is 1.31. The molecule has 0 nitrogen and oxygen atoms in total. The van der Waals surface area contributed by atoms with E-state index in [0.29, 0.717) is 0 Å². The molecule has 0 aromatic carbocycles. The van der Waals surface area contributed by atoms with Crippen molar-refractivity contribution in [1.82, 2.24) is 0 Å². The molecule has 0 rings (SSSR count). The van der Waals surface area contributed by atoms with Gasteiger partial charge in [0.15, 0.2) is 0 Å². The van der Waals surface area contributed by atoms with Crippen molar-refractivity contribution >= 4 is 0 Å². The van der Waals surface area contributed by atoms with Gasteiger partial charge in [-0.15, -0.1) is 0 Å². The van der Waals surface area contributed by atoms with Gasteiger partial charge in [-0.25, -0.2) is 0 Å². The highest BCUT2D eigenvalue weighted by atomic mass is 13.9. The maximum atomic E-state index is 3.72. The summed E-state index contributed by atoms with van der Waals surface area (Å²) in [5, 5.41) is 0. The zero-order valence-electron chi connectivity index (χ0n) is 4.71. The topological polar surface area (TPSA) is 0 Å². The minimum absolute atomic E-state index is 1.18. The molecule has 0 spiro atoms. The Labute approximate surface area is 39.9 Å². The number of hydrogen-bond donors (Lipinski definition) is 0. The lowest BCUT2D eigenvalue weighted by Crippen LogP contribution is -1.80. The molecule has 0 heteroatoms. The average molecular weight is 83.2 g/mol. The third-order valence-corrected chi connectivity index (χ3v) is 0.854. The van der Waals surface area contributed by atoms with Crippen molar-refractivity contribution < 1.29 is 0 Å². The highest BCUT2D eigenvalue weighted by Crippen LogP contribution is 2.05. The first kappa shape index (κ1) is 5.74. The van der Waals surface area contributed by atoms with E-state index < -0.39 is 0 Å². The van der Waals surface area contributed by atoms with Crippen LogP contribution in [0.15, 0.2) is 12.2 Å². The van der Waals surface area contributed by atoms with Gasteiger partial charge in [0, 0.05) is 0 Å². The molecule has 0 aliphatic heterocycles. The lowest BCUT2D eigenvalue weighted by Gasteiger charge is -1.96. The predicted molar refractivity (Wildman–Crippen MR) is 29.4 cm³/mol. The zero-order chi connectivity index (χ0) is 5.15. The van der Waals surface area contributed by atoms with Gasteiger partial charge in [0.2, 0.25) is 0 Å². The fourth-order valence-corrected chi connectivity index (χ4v) is 0. The van der Waals surface area contributed by atoms with Crippen LogP contribution >= 0.6 is 0 Å². The van der Waals surface area contributed by atoms with Crippen LogP contribution in [0.1, 0.15) is 20.8 Å². The molecule has 0 bridgehead atoms. The van der Waals surface area contributed by atoms with Crippen molar-refractivity contribution in [2.24, 2.45) is 0 Å². The summed E-state index contributed by atoms with van der Waals surface area (Å²) >= 11 is 0. The molecule has 0 aromatic heterocycles. The van der Waals surface area contributed by atoms with Crippen molar-refractivity contribution in [2.45, 2.75) is 20.8 Å². The van der Waals surface area contributed by atoms with Crippen LogP contribution in [0.25, 0.3) is 0 Å². The molecule has 0 aromatic rings. The monoisotopic (exact) mass is 83.1 g/mol. The summed E-state index contributed by atoms with van der Waals surface area (Å²) in [4.78, 5) is 0. The lowest BCUT2D eigenvalue weighted by molar-refractivity contribution is 1.12. The van der Waals surface area contributed by atoms with Gasteiger partial charge in [0.1, 0.15) is 0 Å². The molecular formula is C6H11. The highest BCUT2D eigenvalue weighted by Gasteiger charge is 1.88. The van der Waals surface area contributed by atoms with E-state index in [9.17, 15) is 0 Å². The molecule has 0 amide bonds. The minimum atomic E-state index is 1.18. The van der Waals surface area contributed by atoms with Crippen LogP contribution < -0.4 is 0 Å². The Morgan fingerprint density at radius 1 is 1.17 bits per heavy atom. The van der Waals surface area contributed by atoms with E-state index in [2.05, 4.69) is 20.4 Å². The fourth-order valence-electron chi connectivity index (χ4n) is 0. The van der Waals surface area contributed by atoms with E-state index in [4.69, 9.17) is 0 Å². The number of hydrogen-bond acceptors (Lipinski definition) is 0. The molecule has 0 N–H and O–H groups in total. The van der Waals surface area contributed by atoms with Crippen molar-refractivity contribution in [3.8, 4) is 0 Å². The van der Waals surface area contributed by atoms with E-state index in [1.54, 1.807) is 0 Å². The van der Waals surface area contributed by atoms with Crippen LogP contribution in [0.2, 0.25) is 0 Å². The van der Waals surface area contributed by atoms with Gasteiger partial charge in [-0.2, -0.15) is 0 Å². The third kappa shape index (κ3) is 2.01. The summed E-state index contributed by atoms with van der Waals surface area (Å²) < 4.78 is 0. The van der Waals surface area contributed by atoms with E-state index in [-0.39, 0.29) is 0 Å². The Morgan fingerprint density at radius 2 is 1.33 bits per heavy atom. The first-order valence-electron chi connectivity index (χ1n) is 2.10. The largest absolute Gasteiger partial charge is 0.0996 e. The summed E-state index contributed by atoms with van der Waals surface area (Å²) in [6, 6.07) is 0. The predicted octanol–water partition coefficient (Wildman–Crippen LogP) is 2.18. The first-order valence-corrected chi connectivity index (χ1v) is 2.10. The molecule has 35 valence electrons. The molecule has 0 saturated carbocycles. The van der Waals surface area contributed by atoms with Gasteiger partial charge < -0.3 is 0 Å². The molecule has 0 heterocycles. The van der Waals surface area contributed by atoms with Crippen LogP contribution in [0.5, 0.6) is 0 Å². The summed E-state index contributed by atoms with van der Waals surface area (Å²) in [7, 11) is 0. The number of rotatable bonds is 1. The van der Waals surface area contributed by atoms with Crippen LogP contribution in [0, 0.1) is 5.92 Å².